The van der Waals surface area contributed by atoms with Crippen molar-refractivity contribution in [2.75, 3.05) is 0 Å². The normalized spacial score (nSPS) is 36.7. The van der Waals surface area contributed by atoms with Gasteiger partial charge in [-0.3, -0.25) is 0 Å². The lowest BCUT2D eigenvalue weighted by Crippen LogP contribution is -2.12. The average Bonchev–Trinajstić information content (AvgIpc) is 1.88. The SMILES string of the molecule is CCC1[CH]C(C)CCC1. The molecule has 1 saturated carbocycles. The van der Waals surface area contributed by atoms with E-state index in [-0.39, 0.29) is 0 Å². The molecule has 0 amide bonds. The van der Waals surface area contributed by atoms with Crippen LogP contribution in [0.2, 0.25) is 0 Å². The maximum Gasteiger partial charge on any atom is -0.0327 e. The molecule has 0 bridgehead atoms. The Labute approximate surface area is 58.7 Å². The van der Waals surface area contributed by atoms with Crippen LogP contribution in [0.25, 0.3) is 0 Å². The Kier molecular flexibility index (Phi) is 2.56. The molecule has 53 valence electrons. The lowest BCUT2D eigenvalue weighted by molar-refractivity contribution is 0.368. The Morgan fingerprint density at radius 1 is 1.44 bits per heavy atom. The van der Waals surface area contributed by atoms with Gasteiger partial charge < -0.3 is 0 Å². The highest BCUT2D eigenvalue weighted by atomic mass is 14.2. The van der Waals surface area contributed by atoms with Gasteiger partial charge in [0.15, 0.2) is 0 Å². The van der Waals surface area contributed by atoms with E-state index in [2.05, 4.69) is 20.3 Å². The quantitative estimate of drug-likeness (QED) is 0.505. The summed E-state index contributed by atoms with van der Waals surface area (Å²) >= 11 is 0. The van der Waals surface area contributed by atoms with Crippen molar-refractivity contribution in [1.29, 1.82) is 0 Å². The predicted octanol–water partition coefficient (Wildman–Crippen LogP) is 3.04. The molecule has 2 atom stereocenters. The van der Waals surface area contributed by atoms with E-state index < -0.39 is 0 Å². The summed E-state index contributed by atoms with van der Waals surface area (Å²) in [6.45, 7) is 4.63. The van der Waals surface area contributed by atoms with Gasteiger partial charge in [0.05, 0.1) is 0 Å². The summed E-state index contributed by atoms with van der Waals surface area (Å²) in [5.41, 5.74) is 0. The topological polar surface area (TPSA) is 0 Å². The molecule has 9 heavy (non-hydrogen) atoms. The molecule has 0 saturated heterocycles. The molecule has 0 aromatic carbocycles. The van der Waals surface area contributed by atoms with Crippen LogP contribution in [-0.4, -0.2) is 0 Å². The van der Waals surface area contributed by atoms with Gasteiger partial charge in [0.25, 0.3) is 0 Å². The minimum absolute atomic E-state index is 0.892. The van der Waals surface area contributed by atoms with Crippen LogP contribution in [0.3, 0.4) is 0 Å². The van der Waals surface area contributed by atoms with Crippen LogP contribution in [0.5, 0.6) is 0 Å². The fourth-order valence-electron chi connectivity index (χ4n) is 1.70. The van der Waals surface area contributed by atoms with Crippen LogP contribution in [0.1, 0.15) is 39.5 Å². The third-order valence-corrected chi connectivity index (χ3v) is 2.36. The summed E-state index contributed by atoms with van der Waals surface area (Å²) in [6, 6.07) is 0. The van der Waals surface area contributed by atoms with Crippen molar-refractivity contribution >= 4 is 0 Å². The van der Waals surface area contributed by atoms with Crippen LogP contribution in [0.15, 0.2) is 0 Å². The Morgan fingerprint density at radius 2 is 2.22 bits per heavy atom. The zero-order valence-electron chi connectivity index (χ0n) is 6.56. The number of rotatable bonds is 1. The first-order valence-corrected chi connectivity index (χ1v) is 4.18. The molecule has 0 aromatic rings. The second-order valence-corrected chi connectivity index (χ2v) is 3.27. The summed E-state index contributed by atoms with van der Waals surface area (Å²) in [5, 5.41) is 0. The van der Waals surface area contributed by atoms with Gasteiger partial charge in [-0.05, 0) is 18.3 Å². The summed E-state index contributed by atoms with van der Waals surface area (Å²) in [6.07, 6.45) is 8.21. The summed E-state index contributed by atoms with van der Waals surface area (Å²) in [7, 11) is 0. The summed E-state index contributed by atoms with van der Waals surface area (Å²) in [4.78, 5) is 0. The van der Waals surface area contributed by atoms with Crippen molar-refractivity contribution < 1.29 is 0 Å². The Balaban J connectivity index is 2.23. The highest BCUT2D eigenvalue weighted by molar-refractivity contribution is 4.84. The van der Waals surface area contributed by atoms with Gasteiger partial charge in [-0.1, -0.05) is 39.5 Å². The molecule has 0 spiro atoms. The van der Waals surface area contributed by atoms with Gasteiger partial charge in [-0.2, -0.15) is 0 Å². The van der Waals surface area contributed by atoms with Crippen LogP contribution >= 0.6 is 0 Å². The van der Waals surface area contributed by atoms with Crippen molar-refractivity contribution in [2.24, 2.45) is 11.8 Å². The maximum absolute atomic E-state index is 2.53. The Bertz CT molecular complexity index is 76.1. The summed E-state index contributed by atoms with van der Waals surface area (Å²) < 4.78 is 0. The van der Waals surface area contributed by atoms with Gasteiger partial charge >= 0.3 is 0 Å². The number of hydrogen-bond acceptors (Lipinski definition) is 0. The lowest BCUT2D eigenvalue weighted by Gasteiger charge is -2.24. The molecule has 1 rings (SSSR count). The number of hydrogen-bond donors (Lipinski definition) is 0. The van der Waals surface area contributed by atoms with E-state index in [9.17, 15) is 0 Å². The molecule has 0 N–H and O–H groups in total. The average molecular weight is 125 g/mol. The molecule has 1 fully saturated rings. The maximum atomic E-state index is 2.53. The van der Waals surface area contributed by atoms with E-state index in [0.717, 1.165) is 11.8 Å². The van der Waals surface area contributed by atoms with Gasteiger partial charge in [0, 0.05) is 0 Å². The van der Waals surface area contributed by atoms with E-state index in [1.807, 2.05) is 0 Å². The smallest absolute Gasteiger partial charge is 0.0327 e. The largest absolute Gasteiger partial charge is 0.0651 e. The fraction of sp³-hybridized carbons (Fsp3) is 0.889. The first kappa shape index (κ1) is 7.11. The van der Waals surface area contributed by atoms with E-state index in [1.54, 1.807) is 0 Å². The highest BCUT2D eigenvalue weighted by Crippen LogP contribution is 2.29. The second-order valence-electron chi connectivity index (χ2n) is 3.27. The molecule has 0 heteroatoms. The monoisotopic (exact) mass is 125 g/mol. The predicted molar refractivity (Wildman–Crippen MR) is 41.1 cm³/mol. The van der Waals surface area contributed by atoms with Gasteiger partial charge in [-0.15, -0.1) is 0 Å². The third-order valence-electron chi connectivity index (χ3n) is 2.36. The molecule has 0 heterocycles. The highest BCUT2D eigenvalue weighted by Gasteiger charge is 2.16. The van der Waals surface area contributed by atoms with Crippen molar-refractivity contribution in [1.82, 2.24) is 0 Å². The van der Waals surface area contributed by atoms with Crippen molar-refractivity contribution in [2.45, 2.75) is 39.5 Å². The van der Waals surface area contributed by atoms with E-state index in [1.165, 1.54) is 25.7 Å². The van der Waals surface area contributed by atoms with Crippen molar-refractivity contribution in [3.8, 4) is 0 Å². The molecular weight excluding hydrogens is 108 g/mol. The fourth-order valence-corrected chi connectivity index (χ4v) is 1.70. The Hall–Kier alpha value is 0. The molecule has 1 aliphatic rings. The second kappa shape index (κ2) is 3.24. The molecule has 0 aliphatic heterocycles. The summed E-state index contributed by atoms with van der Waals surface area (Å²) in [5.74, 6) is 1.83. The Morgan fingerprint density at radius 3 is 2.67 bits per heavy atom. The third kappa shape index (κ3) is 2.00. The molecular formula is C9H17. The van der Waals surface area contributed by atoms with Crippen LogP contribution in [0.4, 0.5) is 0 Å². The van der Waals surface area contributed by atoms with E-state index in [0.29, 0.717) is 0 Å². The zero-order valence-corrected chi connectivity index (χ0v) is 6.56. The minimum atomic E-state index is 0.892. The molecule has 0 nitrogen and oxygen atoms in total. The molecule has 1 aliphatic carbocycles. The standard InChI is InChI=1S/C9H17/c1-3-9-6-4-5-8(2)7-9/h7-9H,3-6H2,1-2H3. The van der Waals surface area contributed by atoms with E-state index in [4.69, 9.17) is 0 Å². The van der Waals surface area contributed by atoms with Crippen LogP contribution in [-0.2, 0) is 0 Å². The van der Waals surface area contributed by atoms with Crippen molar-refractivity contribution in [3.63, 3.8) is 0 Å². The van der Waals surface area contributed by atoms with Crippen LogP contribution < -0.4 is 0 Å². The van der Waals surface area contributed by atoms with Crippen LogP contribution in [0, 0.1) is 18.3 Å². The first-order valence-electron chi connectivity index (χ1n) is 4.18. The van der Waals surface area contributed by atoms with Gasteiger partial charge in [0.2, 0.25) is 0 Å². The molecule has 0 aromatic heterocycles. The van der Waals surface area contributed by atoms with E-state index >= 15 is 0 Å². The first-order chi connectivity index (χ1) is 4.33. The van der Waals surface area contributed by atoms with Crippen molar-refractivity contribution in [3.05, 3.63) is 6.42 Å². The lowest BCUT2D eigenvalue weighted by atomic mass is 9.81. The molecule has 1 radical (unpaired) electrons. The minimum Gasteiger partial charge on any atom is -0.0651 e. The van der Waals surface area contributed by atoms with Gasteiger partial charge in [0.1, 0.15) is 0 Å². The zero-order chi connectivity index (χ0) is 6.69. The van der Waals surface area contributed by atoms with Gasteiger partial charge in [-0.25, -0.2) is 0 Å². The molecule has 2 unspecified atom stereocenters.